The van der Waals surface area contributed by atoms with Crippen LogP contribution in [0.4, 0.5) is 0 Å². The Labute approximate surface area is 95.5 Å². The molecule has 0 saturated heterocycles. The Kier molecular flexibility index (Phi) is 3.30. The van der Waals surface area contributed by atoms with Crippen LogP contribution in [0.5, 0.6) is 5.75 Å². The fourth-order valence-electron chi connectivity index (χ4n) is 1.34. The van der Waals surface area contributed by atoms with E-state index in [0.717, 1.165) is 6.26 Å². The fourth-order valence-corrected chi connectivity index (χ4v) is 2.10. The fraction of sp³-hybridized carbons (Fsp3) is 0.455. The summed E-state index contributed by atoms with van der Waals surface area (Å²) < 4.78 is 22.5. The summed E-state index contributed by atoms with van der Waals surface area (Å²) in [6, 6.07) is 4.34. The minimum Gasteiger partial charge on any atom is -0.507 e. The topological polar surface area (TPSA) is 74.6 Å². The van der Waals surface area contributed by atoms with E-state index in [1.807, 2.05) is 13.8 Å². The lowest BCUT2D eigenvalue weighted by atomic mass is 9.85. The molecule has 0 radical (unpaired) electrons. The molecule has 2 N–H and O–H groups in total. The lowest BCUT2D eigenvalue weighted by molar-refractivity contribution is 0.218. The first kappa shape index (κ1) is 13.0. The average molecular weight is 244 g/mol. The van der Waals surface area contributed by atoms with E-state index in [2.05, 4.69) is 0 Å². The predicted molar refractivity (Wildman–Crippen MR) is 61.3 cm³/mol. The third-order valence-electron chi connectivity index (χ3n) is 2.54. The minimum absolute atomic E-state index is 0.0787. The van der Waals surface area contributed by atoms with Gasteiger partial charge in [-0.25, -0.2) is 8.42 Å². The molecule has 0 aromatic heterocycles. The van der Waals surface area contributed by atoms with Gasteiger partial charge in [0.2, 0.25) is 0 Å². The van der Waals surface area contributed by atoms with Crippen LogP contribution in [0.3, 0.4) is 0 Å². The maximum absolute atomic E-state index is 11.3. The highest BCUT2D eigenvalue weighted by Crippen LogP contribution is 2.30. The SMILES string of the molecule is CC(C)(CO)c1ccc(S(C)(=O)=O)c(O)c1. The van der Waals surface area contributed by atoms with Crippen molar-refractivity contribution < 1.29 is 18.6 Å². The van der Waals surface area contributed by atoms with Crippen molar-refractivity contribution in [2.75, 3.05) is 12.9 Å². The zero-order chi connectivity index (χ0) is 12.6. The first-order chi connectivity index (χ1) is 7.18. The molecular weight excluding hydrogens is 228 g/mol. The Bertz CT molecular complexity index is 489. The van der Waals surface area contributed by atoms with Crippen molar-refractivity contribution in [2.45, 2.75) is 24.2 Å². The molecule has 0 amide bonds. The number of phenols is 1. The molecular formula is C11H16O4S. The number of hydrogen-bond donors (Lipinski definition) is 2. The Morgan fingerprint density at radius 1 is 1.31 bits per heavy atom. The Morgan fingerprint density at radius 2 is 1.88 bits per heavy atom. The van der Waals surface area contributed by atoms with Crippen molar-refractivity contribution in [3.63, 3.8) is 0 Å². The van der Waals surface area contributed by atoms with E-state index < -0.39 is 15.3 Å². The van der Waals surface area contributed by atoms with Crippen LogP contribution >= 0.6 is 0 Å². The first-order valence-electron chi connectivity index (χ1n) is 4.83. The summed E-state index contributed by atoms with van der Waals surface area (Å²) in [6.45, 7) is 3.54. The second-order valence-electron chi connectivity index (χ2n) is 4.50. The van der Waals surface area contributed by atoms with Gasteiger partial charge in [-0.3, -0.25) is 0 Å². The summed E-state index contributed by atoms with van der Waals surface area (Å²) in [6.07, 6.45) is 1.04. The number of hydrogen-bond acceptors (Lipinski definition) is 4. The van der Waals surface area contributed by atoms with Gasteiger partial charge in [0.25, 0.3) is 0 Å². The Morgan fingerprint density at radius 3 is 2.25 bits per heavy atom. The van der Waals surface area contributed by atoms with Gasteiger partial charge in [0.05, 0.1) is 6.61 Å². The number of benzene rings is 1. The largest absolute Gasteiger partial charge is 0.507 e. The molecule has 4 nitrogen and oxygen atoms in total. The quantitative estimate of drug-likeness (QED) is 0.834. The average Bonchev–Trinajstić information content (AvgIpc) is 2.15. The first-order valence-corrected chi connectivity index (χ1v) is 6.72. The van der Waals surface area contributed by atoms with Gasteiger partial charge in [-0.15, -0.1) is 0 Å². The molecule has 1 rings (SSSR count). The maximum atomic E-state index is 11.3. The van der Waals surface area contributed by atoms with E-state index in [4.69, 9.17) is 5.11 Å². The third kappa shape index (κ3) is 2.54. The molecule has 1 aromatic carbocycles. The van der Waals surface area contributed by atoms with Crippen LogP contribution in [0.15, 0.2) is 23.1 Å². The van der Waals surface area contributed by atoms with Crippen LogP contribution in [0, 0.1) is 0 Å². The smallest absolute Gasteiger partial charge is 0.179 e. The number of aliphatic hydroxyl groups is 1. The highest BCUT2D eigenvalue weighted by atomic mass is 32.2. The van der Waals surface area contributed by atoms with Crippen molar-refractivity contribution in [3.05, 3.63) is 23.8 Å². The second-order valence-corrected chi connectivity index (χ2v) is 6.48. The predicted octanol–water partition coefficient (Wildman–Crippen LogP) is 1.07. The minimum atomic E-state index is -3.41. The lowest BCUT2D eigenvalue weighted by Gasteiger charge is -2.22. The monoisotopic (exact) mass is 244 g/mol. The Balaban J connectivity index is 3.30. The molecule has 0 heterocycles. The van der Waals surface area contributed by atoms with Gasteiger partial charge in [-0.1, -0.05) is 19.9 Å². The second kappa shape index (κ2) is 4.07. The van der Waals surface area contributed by atoms with Crippen molar-refractivity contribution in [1.29, 1.82) is 0 Å². The number of aliphatic hydroxyl groups excluding tert-OH is 1. The molecule has 0 aliphatic heterocycles. The van der Waals surface area contributed by atoms with Gasteiger partial charge in [0, 0.05) is 11.7 Å². The van der Waals surface area contributed by atoms with E-state index in [-0.39, 0.29) is 17.3 Å². The summed E-state index contributed by atoms with van der Waals surface area (Å²) in [4.78, 5) is -0.0926. The van der Waals surface area contributed by atoms with E-state index in [1.54, 1.807) is 6.07 Å². The van der Waals surface area contributed by atoms with E-state index >= 15 is 0 Å². The number of phenolic OH excluding ortho intramolecular Hbond substituents is 1. The number of rotatable bonds is 3. The molecule has 0 saturated carbocycles. The summed E-state index contributed by atoms with van der Waals surface area (Å²) in [5, 5.41) is 18.8. The number of aromatic hydroxyl groups is 1. The summed E-state index contributed by atoms with van der Waals surface area (Å²) in [5.74, 6) is -0.276. The molecule has 16 heavy (non-hydrogen) atoms. The van der Waals surface area contributed by atoms with Gasteiger partial charge < -0.3 is 10.2 Å². The molecule has 0 aliphatic rings. The van der Waals surface area contributed by atoms with Crippen LogP contribution in [0.25, 0.3) is 0 Å². The standard InChI is InChI=1S/C11H16O4S/c1-11(2,7-12)8-4-5-10(9(13)6-8)16(3,14)15/h4-6,12-13H,7H2,1-3H3. The van der Waals surface area contributed by atoms with Crippen molar-refractivity contribution in [2.24, 2.45) is 0 Å². The lowest BCUT2D eigenvalue weighted by Crippen LogP contribution is -2.22. The molecule has 1 aromatic rings. The van der Waals surface area contributed by atoms with Gasteiger partial charge in [-0.2, -0.15) is 0 Å². The molecule has 0 aliphatic carbocycles. The molecule has 0 spiro atoms. The van der Waals surface area contributed by atoms with Gasteiger partial charge in [0.1, 0.15) is 10.6 Å². The van der Waals surface area contributed by atoms with Crippen LogP contribution in [-0.2, 0) is 15.3 Å². The zero-order valence-electron chi connectivity index (χ0n) is 9.56. The van der Waals surface area contributed by atoms with Crippen LogP contribution in [-0.4, -0.2) is 31.5 Å². The van der Waals surface area contributed by atoms with Crippen LogP contribution < -0.4 is 0 Å². The molecule has 90 valence electrons. The normalized spacial score (nSPS) is 12.8. The van der Waals surface area contributed by atoms with Gasteiger partial charge in [-0.05, 0) is 17.7 Å². The highest BCUT2D eigenvalue weighted by Gasteiger charge is 2.22. The summed E-state index contributed by atoms with van der Waals surface area (Å²) >= 11 is 0. The van der Waals surface area contributed by atoms with E-state index in [1.165, 1.54) is 12.1 Å². The zero-order valence-corrected chi connectivity index (χ0v) is 10.4. The highest BCUT2D eigenvalue weighted by molar-refractivity contribution is 7.90. The summed E-state index contributed by atoms with van der Waals surface area (Å²) in [5.41, 5.74) is 0.188. The van der Waals surface area contributed by atoms with Gasteiger partial charge >= 0.3 is 0 Å². The van der Waals surface area contributed by atoms with E-state index in [9.17, 15) is 13.5 Å². The molecule has 0 fully saturated rings. The molecule has 0 unspecified atom stereocenters. The molecule has 0 atom stereocenters. The van der Waals surface area contributed by atoms with Gasteiger partial charge in [0.15, 0.2) is 9.84 Å². The van der Waals surface area contributed by atoms with Crippen molar-refractivity contribution >= 4 is 9.84 Å². The van der Waals surface area contributed by atoms with Crippen molar-refractivity contribution in [3.8, 4) is 5.75 Å². The molecule has 5 heteroatoms. The Hall–Kier alpha value is -1.07. The van der Waals surface area contributed by atoms with Crippen LogP contribution in [0.2, 0.25) is 0 Å². The van der Waals surface area contributed by atoms with E-state index in [0.29, 0.717) is 5.56 Å². The maximum Gasteiger partial charge on any atom is 0.179 e. The third-order valence-corrected chi connectivity index (χ3v) is 3.68. The van der Waals surface area contributed by atoms with Crippen molar-refractivity contribution in [1.82, 2.24) is 0 Å². The number of sulfone groups is 1. The van der Waals surface area contributed by atoms with Crippen LogP contribution in [0.1, 0.15) is 19.4 Å². The summed E-state index contributed by atoms with van der Waals surface area (Å²) in [7, 11) is -3.41. The molecule has 0 bridgehead atoms.